The first-order chi connectivity index (χ1) is 23.6. The van der Waals surface area contributed by atoms with Crippen LogP contribution in [0.4, 0.5) is 0 Å². The summed E-state index contributed by atoms with van der Waals surface area (Å²) in [4.78, 5) is 0. The number of fused-ring (bicyclic) bond motifs is 1. The molecule has 0 spiro atoms. The third kappa shape index (κ3) is 9.92. The van der Waals surface area contributed by atoms with Crippen LogP contribution >= 0.6 is 0 Å². The number of benzene rings is 4. The molecular weight excluding hydrogens is 610 g/mol. The number of ether oxygens (including phenoxy) is 7. The van der Waals surface area contributed by atoms with Crippen molar-refractivity contribution in [1.29, 1.82) is 0 Å². The minimum atomic E-state index is -0.664. The van der Waals surface area contributed by atoms with Crippen molar-refractivity contribution < 1.29 is 38.3 Å². The second-order valence-corrected chi connectivity index (χ2v) is 12.1. The number of hydrogen-bond acceptors (Lipinski definition) is 9. The summed E-state index contributed by atoms with van der Waals surface area (Å²) in [5, 5.41) is 15.9. The van der Waals surface area contributed by atoms with Crippen LogP contribution in [0.5, 0.6) is 17.2 Å². The van der Waals surface area contributed by atoms with E-state index in [1.54, 1.807) is 21.3 Å². The van der Waals surface area contributed by atoms with Crippen molar-refractivity contribution in [3.05, 3.63) is 102 Å². The van der Waals surface area contributed by atoms with Gasteiger partial charge in [0.25, 0.3) is 0 Å². The SMILES string of the molecule is COCC(O)COC[C@@H]1CNC[C@H](OCc2cc(OC)c3ccccc3c2)[C@H]1c1ccc(OCCCOCc2ccccc2OC)cc1. The Hall–Kier alpha value is -3.70. The van der Waals surface area contributed by atoms with Crippen molar-refractivity contribution in [3.8, 4) is 17.2 Å². The van der Waals surface area contributed by atoms with Gasteiger partial charge in [-0.05, 0) is 46.8 Å². The molecule has 0 amide bonds. The molecule has 1 saturated heterocycles. The summed E-state index contributed by atoms with van der Waals surface area (Å²) in [6.45, 7) is 4.53. The van der Waals surface area contributed by atoms with Gasteiger partial charge in [-0.3, -0.25) is 0 Å². The van der Waals surface area contributed by atoms with Gasteiger partial charge < -0.3 is 43.6 Å². The Morgan fingerprint density at radius 3 is 2.40 bits per heavy atom. The lowest BCUT2D eigenvalue weighted by Gasteiger charge is -2.39. The van der Waals surface area contributed by atoms with Crippen LogP contribution in [0, 0.1) is 5.92 Å². The van der Waals surface area contributed by atoms with Crippen molar-refractivity contribution in [2.75, 3.05) is 67.5 Å². The van der Waals surface area contributed by atoms with Gasteiger partial charge >= 0.3 is 0 Å². The molecule has 4 aromatic rings. The summed E-state index contributed by atoms with van der Waals surface area (Å²) in [6, 6.07) is 28.6. The Bertz CT molecular complexity index is 1530. The van der Waals surface area contributed by atoms with E-state index in [-0.39, 0.29) is 31.2 Å². The molecular formula is C39H49NO8. The molecule has 1 unspecified atom stereocenters. The average Bonchev–Trinajstić information content (AvgIpc) is 3.12. The molecule has 48 heavy (non-hydrogen) atoms. The highest BCUT2D eigenvalue weighted by Crippen LogP contribution is 2.35. The van der Waals surface area contributed by atoms with Gasteiger partial charge in [-0.25, -0.2) is 0 Å². The van der Waals surface area contributed by atoms with Crippen LogP contribution in [-0.4, -0.2) is 84.8 Å². The number of aliphatic hydroxyl groups is 1. The highest BCUT2D eigenvalue weighted by molar-refractivity contribution is 5.89. The lowest BCUT2D eigenvalue weighted by molar-refractivity contribution is -0.0449. The summed E-state index contributed by atoms with van der Waals surface area (Å²) in [6.07, 6.45) is 0.0124. The first kappa shape index (κ1) is 35.6. The van der Waals surface area contributed by atoms with Gasteiger partial charge in [-0.15, -0.1) is 0 Å². The molecule has 0 bridgehead atoms. The maximum atomic E-state index is 10.1. The Labute approximate surface area is 284 Å². The minimum Gasteiger partial charge on any atom is -0.496 e. The van der Waals surface area contributed by atoms with Gasteiger partial charge in [-0.1, -0.05) is 54.6 Å². The smallest absolute Gasteiger partial charge is 0.127 e. The zero-order valence-electron chi connectivity index (χ0n) is 28.3. The lowest BCUT2D eigenvalue weighted by Crippen LogP contribution is -2.48. The van der Waals surface area contributed by atoms with Crippen molar-refractivity contribution >= 4 is 10.8 Å². The van der Waals surface area contributed by atoms with Crippen LogP contribution in [0.25, 0.3) is 10.8 Å². The van der Waals surface area contributed by atoms with E-state index in [1.807, 2.05) is 48.5 Å². The maximum Gasteiger partial charge on any atom is 0.127 e. The third-order valence-corrected chi connectivity index (χ3v) is 8.65. The highest BCUT2D eigenvalue weighted by atomic mass is 16.5. The van der Waals surface area contributed by atoms with E-state index in [2.05, 4.69) is 41.7 Å². The molecule has 0 radical (unpaired) electrons. The van der Waals surface area contributed by atoms with Crippen molar-refractivity contribution in [3.63, 3.8) is 0 Å². The van der Waals surface area contributed by atoms with E-state index < -0.39 is 6.10 Å². The van der Waals surface area contributed by atoms with Crippen LogP contribution in [0.15, 0.2) is 84.9 Å². The molecule has 0 aromatic heterocycles. The van der Waals surface area contributed by atoms with E-state index in [1.165, 1.54) is 0 Å². The van der Waals surface area contributed by atoms with E-state index >= 15 is 0 Å². The molecule has 9 nitrogen and oxygen atoms in total. The van der Waals surface area contributed by atoms with Gasteiger partial charge in [0, 0.05) is 49.4 Å². The van der Waals surface area contributed by atoms with Crippen LogP contribution in [0.1, 0.15) is 29.0 Å². The van der Waals surface area contributed by atoms with Crippen LogP contribution in [0.3, 0.4) is 0 Å². The molecule has 258 valence electrons. The molecule has 1 fully saturated rings. The lowest BCUT2D eigenvalue weighted by atomic mass is 9.79. The largest absolute Gasteiger partial charge is 0.496 e. The molecule has 9 heteroatoms. The number of methoxy groups -OCH3 is 3. The van der Waals surface area contributed by atoms with Gasteiger partial charge in [0.2, 0.25) is 0 Å². The summed E-state index contributed by atoms with van der Waals surface area (Å²) in [5.41, 5.74) is 3.25. The summed E-state index contributed by atoms with van der Waals surface area (Å²) in [5.74, 6) is 2.70. The molecule has 2 N–H and O–H groups in total. The van der Waals surface area contributed by atoms with Crippen molar-refractivity contribution in [1.82, 2.24) is 5.32 Å². The quantitative estimate of drug-likeness (QED) is 0.122. The van der Waals surface area contributed by atoms with Crippen LogP contribution in [-0.2, 0) is 32.2 Å². The Morgan fingerprint density at radius 1 is 0.792 bits per heavy atom. The molecule has 5 rings (SSSR count). The summed E-state index contributed by atoms with van der Waals surface area (Å²) in [7, 11) is 4.94. The predicted octanol–water partition coefficient (Wildman–Crippen LogP) is 5.76. The first-order valence-corrected chi connectivity index (χ1v) is 16.6. The zero-order valence-corrected chi connectivity index (χ0v) is 28.3. The van der Waals surface area contributed by atoms with Crippen LogP contribution in [0.2, 0.25) is 0 Å². The van der Waals surface area contributed by atoms with Crippen LogP contribution < -0.4 is 19.5 Å². The van der Waals surface area contributed by atoms with Crippen molar-refractivity contribution in [2.45, 2.75) is 37.8 Å². The molecule has 4 atom stereocenters. The zero-order chi connectivity index (χ0) is 33.6. The van der Waals surface area contributed by atoms with E-state index in [4.69, 9.17) is 33.2 Å². The number of para-hydroxylation sites is 1. The monoisotopic (exact) mass is 659 g/mol. The van der Waals surface area contributed by atoms with Gasteiger partial charge in [-0.2, -0.15) is 0 Å². The molecule has 0 saturated carbocycles. The molecule has 1 heterocycles. The summed E-state index contributed by atoms with van der Waals surface area (Å²) < 4.78 is 40.7. The number of aliphatic hydroxyl groups excluding tert-OH is 1. The minimum absolute atomic E-state index is 0.0746. The normalized spacial score (nSPS) is 18.5. The molecule has 1 aliphatic heterocycles. The van der Waals surface area contributed by atoms with Gasteiger partial charge in [0.15, 0.2) is 0 Å². The standard InChI is InChI=1S/C39H49NO8/c1-42-26-33(41)27-46-25-32-21-40-22-38(48-23-28-19-30-9-4-6-11-35(30)37(20-28)44-3)39(32)29-13-15-34(16-14-29)47-18-8-17-45-24-31-10-5-7-12-36(31)43-2/h4-7,9-16,19-20,32-33,38-41H,8,17-18,21-27H2,1-3H3/t32-,33?,38-,39-/m0/s1. The number of hydrogen-bond donors (Lipinski definition) is 2. The Balaban J connectivity index is 1.20. The number of piperidine rings is 1. The van der Waals surface area contributed by atoms with E-state index in [9.17, 15) is 5.11 Å². The van der Waals surface area contributed by atoms with Gasteiger partial charge in [0.05, 0.1) is 66.6 Å². The first-order valence-electron chi connectivity index (χ1n) is 16.6. The third-order valence-electron chi connectivity index (χ3n) is 8.65. The van der Waals surface area contributed by atoms with Crippen molar-refractivity contribution in [2.24, 2.45) is 5.92 Å². The van der Waals surface area contributed by atoms with Gasteiger partial charge in [0.1, 0.15) is 23.4 Å². The fourth-order valence-corrected chi connectivity index (χ4v) is 6.31. The topological polar surface area (TPSA) is 96.9 Å². The Kier molecular flexibility index (Phi) is 13.9. The van der Waals surface area contributed by atoms with E-state index in [0.29, 0.717) is 39.6 Å². The second-order valence-electron chi connectivity index (χ2n) is 12.1. The highest BCUT2D eigenvalue weighted by Gasteiger charge is 2.35. The summed E-state index contributed by atoms with van der Waals surface area (Å²) >= 11 is 0. The molecule has 1 aliphatic rings. The molecule has 0 aliphatic carbocycles. The fraction of sp³-hybridized carbons (Fsp3) is 0.436. The molecule has 4 aromatic carbocycles. The number of rotatable bonds is 19. The predicted molar refractivity (Wildman–Crippen MR) is 186 cm³/mol. The maximum absolute atomic E-state index is 10.1. The number of nitrogens with one attached hydrogen (secondary N) is 1. The second kappa shape index (κ2) is 18.7. The fourth-order valence-electron chi connectivity index (χ4n) is 6.31. The average molecular weight is 660 g/mol. The van der Waals surface area contributed by atoms with E-state index in [0.717, 1.165) is 57.7 Å². The Morgan fingerprint density at radius 2 is 1.58 bits per heavy atom.